The number of hydrogen-bond donors (Lipinski definition) is 2. The molecule has 0 heterocycles. The van der Waals surface area contributed by atoms with E-state index in [1.807, 2.05) is 31.2 Å². The highest BCUT2D eigenvalue weighted by Gasteiger charge is 2.39. The Kier molecular flexibility index (Phi) is 10.2. The highest BCUT2D eigenvalue weighted by molar-refractivity contribution is 6.42. The number of nitrogens with one attached hydrogen (secondary N) is 1. The second-order valence-corrected chi connectivity index (χ2v) is 9.93. The Bertz CT molecular complexity index is 1490. The molecule has 0 aliphatic rings. The average molecular weight is 590 g/mol. The molecule has 0 bridgehead atoms. The summed E-state index contributed by atoms with van der Waals surface area (Å²) in [4.78, 5) is 13.4. The largest absolute Gasteiger partial charge is 0.490 e. The predicted octanol–water partition coefficient (Wildman–Crippen LogP) is 7.09. The van der Waals surface area contributed by atoms with Crippen LogP contribution in [-0.4, -0.2) is 23.8 Å². The van der Waals surface area contributed by atoms with Crippen LogP contribution in [0.2, 0.25) is 10.0 Å². The predicted molar refractivity (Wildman–Crippen MR) is 164 cm³/mol. The highest BCUT2D eigenvalue weighted by atomic mass is 35.5. The Morgan fingerprint density at radius 1 is 0.951 bits per heavy atom. The van der Waals surface area contributed by atoms with Gasteiger partial charge in [-0.2, -0.15) is 5.10 Å². The minimum atomic E-state index is -1.94. The third kappa shape index (κ3) is 7.16. The average Bonchev–Trinajstić information content (AvgIpc) is 2.99. The van der Waals surface area contributed by atoms with E-state index in [1.165, 1.54) is 6.21 Å². The molecule has 41 heavy (non-hydrogen) atoms. The standard InChI is InChI=1S/C33H30Cl2N2O4/c1-3-11-25-18-24(20-30(40-4-2)31(25)41-22-23-16-17-28(34)29(35)19-23)21-36-37-32(38)33(39,26-12-7-5-8-13-26)27-14-9-6-10-15-27/h3,5-10,12-21,39H,1,4,11,22H2,2H3,(H,37,38)/b36-21-. The zero-order valence-electron chi connectivity index (χ0n) is 22.5. The first-order valence-electron chi connectivity index (χ1n) is 13.0. The van der Waals surface area contributed by atoms with Gasteiger partial charge in [-0.1, -0.05) is 96.0 Å². The van der Waals surface area contributed by atoms with Crippen LogP contribution in [0.3, 0.4) is 0 Å². The Balaban J connectivity index is 1.59. The molecule has 0 saturated carbocycles. The Morgan fingerprint density at radius 3 is 2.20 bits per heavy atom. The van der Waals surface area contributed by atoms with Crippen molar-refractivity contribution < 1.29 is 19.4 Å². The first-order valence-corrected chi connectivity index (χ1v) is 13.8. The van der Waals surface area contributed by atoms with E-state index < -0.39 is 11.5 Å². The molecule has 210 valence electrons. The van der Waals surface area contributed by atoms with E-state index in [1.54, 1.807) is 72.8 Å². The zero-order chi connectivity index (χ0) is 29.2. The number of amides is 1. The summed E-state index contributed by atoms with van der Waals surface area (Å²) in [7, 11) is 0. The number of carbonyl (C=O) groups is 1. The molecule has 1 amide bonds. The van der Waals surface area contributed by atoms with Crippen molar-refractivity contribution in [2.45, 2.75) is 25.6 Å². The maximum atomic E-state index is 13.4. The lowest BCUT2D eigenvalue weighted by Gasteiger charge is -2.27. The van der Waals surface area contributed by atoms with Crippen molar-refractivity contribution in [2.75, 3.05) is 6.61 Å². The Labute approximate surface area is 249 Å². The van der Waals surface area contributed by atoms with Crippen molar-refractivity contribution in [1.82, 2.24) is 5.43 Å². The second kappa shape index (κ2) is 14.0. The molecule has 0 aliphatic carbocycles. The van der Waals surface area contributed by atoms with Crippen molar-refractivity contribution in [3.8, 4) is 11.5 Å². The quantitative estimate of drug-likeness (QED) is 0.105. The summed E-state index contributed by atoms with van der Waals surface area (Å²) >= 11 is 12.2. The summed E-state index contributed by atoms with van der Waals surface area (Å²) in [6, 6.07) is 26.5. The molecule has 0 radical (unpaired) electrons. The fourth-order valence-electron chi connectivity index (χ4n) is 4.31. The number of ether oxygens (including phenoxy) is 2. The van der Waals surface area contributed by atoms with Crippen molar-refractivity contribution >= 4 is 35.3 Å². The number of carbonyl (C=O) groups excluding carboxylic acids is 1. The fourth-order valence-corrected chi connectivity index (χ4v) is 4.63. The number of halogens is 2. The molecule has 0 atom stereocenters. The van der Waals surface area contributed by atoms with Gasteiger partial charge >= 0.3 is 0 Å². The van der Waals surface area contributed by atoms with Gasteiger partial charge in [-0.3, -0.25) is 4.79 Å². The summed E-state index contributed by atoms with van der Waals surface area (Å²) in [5.41, 5.74) is 3.76. The molecule has 0 unspecified atom stereocenters. The van der Waals surface area contributed by atoms with E-state index in [0.29, 0.717) is 51.3 Å². The van der Waals surface area contributed by atoms with E-state index >= 15 is 0 Å². The maximum absolute atomic E-state index is 13.4. The number of allylic oxidation sites excluding steroid dienone is 1. The number of aliphatic hydroxyl groups is 1. The van der Waals surface area contributed by atoms with Crippen LogP contribution < -0.4 is 14.9 Å². The summed E-state index contributed by atoms with van der Waals surface area (Å²) in [6.45, 7) is 6.41. The van der Waals surface area contributed by atoms with Gasteiger partial charge in [0.15, 0.2) is 17.1 Å². The molecular weight excluding hydrogens is 559 g/mol. The van der Waals surface area contributed by atoms with Gasteiger partial charge in [-0.15, -0.1) is 6.58 Å². The number of hydrogen-bond acceptors (Lipinski definition) is 5. The summed E-state index contributed by atoms with van der Waals surface area (Å²) in [5, 5.41) is 16.7. The highest BCUT2D eigenvalue weighted by Crippen LogP contribution is 2.35. The molecule has 6 nitrogen and oxygen atoms in total. The molecule has 4 aromatic carbocycles. The summed E-state index contributed by atoms with van der Waals surface area (Å²) in [5.74, 6) is 0.398. The van der Waals surface area contributed by atoms with Crippen LogP contribution in [0.1, 0.15) is 34.7 Å². The van der Waals surface area contributed by atoms with Crippen LogP contribution in [-0.2, 0) is 23.4 Å². The zero-order valence-corrected chi connectivity index (χ0v) is 24.0. The lowest BCUT2D eigenvalue weighted by molar-refractivity contribution is -0.136. The van der Waals surface area contributed by atoms with Crippen LogP contribution in [0.4, 0.5) is 0 Å². The lowest BCUT2D eigenvalue weighted by Crippen LogP contribution is -2.43. The second-order valence-electron chi connectivity index (χ2n) is 9.11. The monoisotopic (exact) mass is 588 g/mol. The van der Waals surface area contributed by atoms with E-state index in [2.05, 4.69) is 17.1 Å². The molecule has 4 rings (SSSR count). The van der Waals surface area contributed by atoms with E-state index in [4.69, 9.17) is 32.7 Å². The minimum Gasteiger partial charge on any atom is -0.490 e. The molecule has 0 spiro atoms. The number of nitrogens with zero attached hydrogens (tertiary/aromatic N) is 1. The van der Waals surface area contributed by atoms with Gasteiger partial charge in [0.2, 0.25) is 0 Å². The summed E-state index contributed by atoms with van der Waals surface area (Å²) in [6.07, 6.45) is 3.76. The van der Waals surface area contributed by atoms with Crippen LogP contribution in [0.25, 0.3) is 0 Å². The lowest BCUT2D eigenvalue weighted by atomic mass is 9.85. The first-order chi connectivity index (χ1) is 19.9. The molecule has 2 N–H and O–H groups in total. The smallest absolute Gasteiger partial charge is 0.281 e. The van der Waals surface area contributed by atoms with Crippen molar-refractivity contribution in [2.24, 2.45) is 5.10 Å². The van der Waals surface area contributed by atoms with Crippen molar-refractivity contribution in [1.29, 1.82) is 0 Å². The van der Waals surface area contributed by atoms with Gasteiger partial charge in [0, 0.05) is 5.56 Å². The van der Waals surface area contributed by atoms with E-state index in [0.717, 1.165) is 11.1 Å². The number of hydrazone groups is 1. The first kappa shape index (κ1) is 29.9. The molecule has 0 aromatic heterocycles. The molecule has 0 saturated heterocycles. The fraction of sp³-hybridized carbons (Fsp3) is 0.152. The van der Waals surface area contributed by atoms with Gasteiger partial charge in [-0.05, 0) is 59.9 Å². The topological polar surface area (TPSA) is 80.2 Å². The molecule has 4 aromatic rings. The SMILES string of the molecule is C=CCc1cc(/C=N\NC(=O)C(O)(c2ccccc2)c2ccccc2)cc(OCC)c1OCc1ccc(Cl)c(Cl)c1. The third-order valence-electron chi connectivity index (χ3n) is 6.28. The van der Waals surface area contributed by atoms with Crippen LogP contribution in [0.5, 0.6) is 11.5 Å². The van der Waals surface area contributed by atoms with Gasteiger partial charge in [0.1, 0.15) is 6.61 Å². The molecule has 0 fully saturated rings. The normalized spacial score (nSPS) is 11.3. The Hall–Kier alpha value is -4.10. The van der Waals surface area contributed by atoms with Crippen LogP contribution >= 0.6 is 23.2 Å². The maximum Gasteiger partial charge on any atom is 0.281 e. The minimum absolute atomic E-state index is 0.252. The molecule has 0 aliphatic heterocycles. The summed E-state index contributed by atoms with van der Waals surface area (Å²) < 4.78 is 12.1. The van der Waals surface area contributed by atoms with Gasteiger partial charge in [-0.25, -0.2) is 5.43 Å². The van der Waals surface area contributed by atoms with E-state index in [9.17, 15) is 9.90 Å². The van der Waals surface area contributed by atoms with Crippen molar-refractivity contribution in [3.05, 3.63) is 142 Å². The van der Waals surface area contributed by atoms with Crippen molar-refractivity contribution in [3.63, 3.8) is 0 Å². The molecule has 8 heteroatoms. The molecular formula is C33H30Cl2N2O4. The van der Waals surface area contributed by atoms with Gasteiger partial charge in [0.05, 0.1) is 22.9 Å². The Morgan fingerprint density at radius 2 is 1.61 bits per heavy atom. The third-order valence-corrected chi connectivity index (χ3v) is 7.02. The van der Waals surface area contributed by atoms with Gasteiger partial charge < -0.3 is 14.6 Å². The van der Waals surface area contributed by atoms with Gasteiger partial charge in [0.25, 0.3) is 5.91 Å². The van der Waals surface area contributed by atoms with Crippen LogP contribution in [0, 0.1) is 0 Å². The number of benzene rings is 4. The van der Waals surface area contributed by atoms with Crippen LogP contribution in [0.15, 0.2) is 109 Å². The number of rotatable bonds is 12. The van der Waals surface area contributed by atoms with E-state index in [-0.39, 0.29) is 6.61 Å².